The molecule has 0 aromatic heterocycles. The van der Waals surface area contributed by atoms with Crippen LogP contribution in [0.3, 0.4) is 0 Å². The summed E-state index contributed by atoms with van der Waals surface area (Å²) in [7, 11) is -3.74. The minimum atomic E-state index is -2.62. The van der Waals surface area contributed by atoms with E-state index in [-0.39, 0.29) is 0 Å². The van der Waals surface area contributed by atoms with Crippen LogP contribution in [0, 0.1) is 0 Å². The molecule has 0 amide bonds. The Morgan fingerprint density at radius 1 is 0.500 bits per heavy atom. The van der Waals surface area contributed by atoms with Gasteiger partial charge in [-0.15, -0.1) is 0 Å². The van der Waals surface area contributed by atoms with E-state index in [2.05, 4.69) is 20.8 Å². The molecule has 0 saturated carbocycles. The standard InChI is InChI=1S/C18H39O3P.H3O3P/c1-4-7-10-13-16-19-22(20-17-14-11-8-5-2)21-18-15-12-9-6-3;1-4(2)3/h4-18H2,1-3H3;1-3H. The zero-order valence-electron chi connectivity index (χ0n) is 17.1. The van der Waals surface area contributed by atoms with Gasteiger partial charge < -0.3 is 28.3 Å². The van der Waals surface area contributed by atoms with Crippen LogP contribution in [0.5, 0.6) is 0 Å². The van der Waals surface area contributed by atoms with E-state index in [0.717, 1.165) is 39.1 Å². The molecular formula is C18H42O6P2. The normalized spacial score (nSPS) is 11.1. The highest BCUT2D eigenvalue weighted by Gasteiger charge is 2.12. The molecule has 3 N–H and O–H groups in total. The van der Waals surface area contributed by atoms with Crippen molar-refractivity contribution in [1.82, 2.24) is 0 Å². The van der Waals surface area contributed by atoms with E-state index < -0.39 is 17.2 Å². The highest BCUT2D eigenvalue weighted by atomic mass is 31.2. The van der Waals surface area contributed by atoms with Crippen LogP contribution in [0.2, 0.25) is 0 Å². The number of hydrogen-bond acceptors (Lipinski definition) is 6. The van der Waals surface area contributed by atoms with Gasteiger partial charge in [0.05, 0.1) is 19.8 Å². The maximum atomic E-state index is 7.23. The van der Waals surface area contributed by atoms with Gasteiger partial charge in [-0.3, -0.25) is 0 Å². The molecule has 0 unspecified atom stereocenters. The number of hydrogen-bond donors (Lipinski definition) is 3. The maximum absolute atomic E-state index is 7.23. The first-order valence-corrected chi connectivity index (χ1v) is 12.4. The van der Waals surface area contributed by atoms with Gasteiger partial charge in [0.1, 0.15) is 0 Å². The monoisotopic (exact) mass is 416 g/mol. The van der Waals surface area contributed by atoms with Gasteiger partial charge in [-0.05, 0) is 19.3 Å². The zero-order chi connectivity index (χ0) is 19.9. The summed E-state index contributed by atoms with van der Waals surface area (Å²) in [4.78, 5) is 21.7. The fraction of sp³-hybridized carbons (Fsp3) is 1.00. The summed E-state index contributed by atoms with van der Waals surface area (Å²) in [5.74, 6) is 0. The summed E-state index contributed by atoms with van der Waals surface area (Å²) in [5, 5.41) is 0. The van der Waals surface area contributed by atoms with E-state index >= 15 is 0 Å². The summed E-state index contributed by atoms with van der Waals surface area (Å²) >= 11 is 0. The molecule has 0 spiro atoms. The Hall–Kier alpha value is 0.620. The lowest BCUT2D eigenvalue weighted by Crippen LogP contribution is -2.00. The summed E-state index contributed by atoms with van der Waals surface area (Å²) < 4.78 is 17.5. The maximum Gasteiger partial charge on any atom is 0.332 e. The Balaban J connectivity index is 0. The van der Waals surface area contributed by atoms with Crippen LogP contribution < -0.4 is 0 Å². The fourth-order valence-electron chi connectivity index (χ4n) is 2.12. The predicted molar refractivity (Wildman–Crippen MR) is 111 cm³/mol. The third kappa shape index (κ3) is 29.4. The van der Waals surface area contributed by atoms with Gasteiger partial charge in [0.25, 0.3) is 0 Å². The molecule has 6 nitrogen and oxygen atoms in total. The van der Waals surface area contributed by atoms with Gasteiger partial charge in [-0.2, -0.15) is 0 Å². The molecule has 0 heterocycles. The van der Waals surface area contributed by atoms with Gasteiger partial charge in [-0.1, -0.05) is 78.6 Å². The molecule has 26 heavy (non-hydrogen) atoms. The highest BCUT2D eigenvalue weighted by Crippen LogP contribution is 2.40. The molecule has 0 rings (SSSR count). The first kappa shape index (κ1) is 28.8. The van der Waals surface area contributed by atoms with Gasteiger partial charge in [0, 0.05) is 0 Å². The van der Waals surface area contributed by atoms with Crippen molar-refractivity contribution in [1.29, 1.82) is 0 Å². The molecular weight excluding hydrogens is 374 g/mol. The molecule has 0 aliphatic heterocycles. The Morgan fingerprint density at radius 2 is 0.769 bits per heavy atom. The highest BCUT2D eigenvalue weighted by molar-refractivity contribution is 7.41. The van der Waals surface area contributed by atoms with Crippen LogP contribution >= 0.6 is 17.2 Å². The summed E-state index contributed by atoms with van der Waals surface area (Å²) in [6.45, 7) is 9.01. The summed E-state index contributed by atoms with van der Waals surface area (Å²) in [6, 6.07) is 0. The zero-order valence-corrected chi connectivity index (χ0v) is 18.9. The smallest absolute Gasteiger partial charge is 0.328 e. The summed E-state index contributed by atoms with van der Waals surface area (Å²) in [6.07, 6.45) is 14.7. The molecule has 8 heteroatoms. The average Bonchev–Trinajstić information content (AvgIpc) is 2.60. The molecule has 160 valence electrons. The SMILES string of the molecule is CCCCCCOP(OCCCCCC)OCCCCCC.OP(O)O. The minimum absolute atomic E-state index is 0.773. The molecule has 0 saturated heterocycles. The third-order valence-electron chi connectivity index (χ3n) is 3.58. The second-order valence-electron chi connectivity index (χ2n) is 6.17. The topological polar surface area (TPSA) is 88.4 Å². The second-order valence-corrected chi connectivity index (χ2v) is 7.93. The lowest BCUT2D eigenvalue weighted by atomic mass is 10.2. The van der Waals surface area contributed by atoms with E-state index in [9.17, 15) is 0 Å². The minimum Gasteiger partial charge on any atom is -0.328 e. The van der Waals surface area contributed by atoms with Crippen LogP contribution in [-0.2, 0) is 13.6 Å². The molecule has 0 aliphatic rings. The number of unbranched alkanes of at least 4 members (excludes halogenated alkanes) is 9. The van der Waals surface area contributed by atoms with Crippen molar-refractivity contribution in [2.24, 2.45) is 0 Å². The van der Waals surface area contributed by atoms with Crippen molar-refractivity contribution in [2.45, 2.75) is 97.8 Å². The second kappa shape index (κ2) is 25.6. The molecule has 0 aromatic carbocycles. The Morgan fingerprint density at radius 3 is 1.00 bits per heavy atom. The Labute approximate surface area is 163 Å². The number of rotatable bonds is 18. The molecule has 0 aliphatic carbocycles. The van der Waals surface area contributed by atoms with Crippen LogP contribution in [0.15, 0.2) is 0 Å². The van der Waals surface area contributed by atoms with E-state index in [1.807, 2.05) is 0 Å². The van der Waals surface area contributed by atoms with Crippen molar-refractivity contribution < 1.29 is 28.3 Å². The summed E-state index contributed by atoms with van der Waals surface area (Å²) in [5.41, 5.74) is 0. The van der Waals surface area contributed by atoms with Crippen LogP contribution in [-0.4, -0.2) is 34.5 Å². The Bertz CT molecular complexity index is 212. The average molecular weight is 416 g/mol. The largest absolute Gasteiger partial charge is 0.332 e. The Kier molecular flexibility index (Phi) is 28.4. The van der Waals surface area contributed by atoms with Crippen molar-refractivity contribution in [3.8, 4) is 0 Å². The molecule has 0 bridgehead atoms. The lowest BCUT2D eigenvalue weighted by molar-refractivity contribution is 0.154. The van der Waals surface area contributed by atoms with Crippen molar-refractivity contribution in [3.63, 3.8) is 0 Å². The van der Waals surface area contributed by atoms with E-state index in [4.69, 9.17) is 28.3 Å². The first-order valence-electron chi connectivity index (χ1n) is 10.1. The van der Waals surface area contributed by atoms with Crippen molar-refractivity contribution >= 4 is 17.2 Å². The first-order chi connectivity index (χ1) is 12.6. The lowest BCUT2D eigenvalue weighted by Gasteiger charge is -2.17. The van der Waals surface area contributed by atoms with E-state index in [1.165, 1.54) is 57.8 Å². The van der Waals surface area contributed by atoms with Crippen molar-refractivity contribution in [2.75, 3.05) is 19.8 Å². The third-order valence-corrected chi connectivity index (χ3v) is 4.76. The van der Waals surface area contributed by atoms with Gasteiger partial charge in [0.15, 0.2) is 0 Å². The molecule has 0 radical (unpaired) electrons. The van der Waals surface area contributed by atoms with Gasteiger partial charge in [-0.25, -0.2) is 0 Å². The van der Waals surface area contributed by atoms with Crippen LogP contribution in [0.1, 0.15) is 97.8 Å². The fourth-order valence-corrected chi connectivity index (χ4v) is 3.17. The quantitative estimate of drug-likeness (QED) is 0.182. The molecule has 0 atom stereocenters. The van der Waals surface area contributed by atoms with Gasteiger partial charge >= 0.3 is 17.2 Å². The van der Waals surface area contributed by atoms with Crippen LogP contribution in [0.4, 0.5) is 0 Å². The predicted octanol–water partition coefficient (Wildman–Crippen LogP) is 6.19. The van der Waals surface area contributed by atoms with E-state index in [1.54, 1.807) is 0 Å². The van der Waals surface area contributed by atoms with Crippen LogP contribution in [0.25, 0.3) is 0 Å². The van der Waals surface area contributed by atoms with Crippen molar-refractivity contribution in [3.05, 3.63) is 0 Å². The molecule has 0 fully saturated rings. The molecule has 0 aromatic rings. The van der Waals surface area contributed by atoms with Gasteiger partial charge in [0.2, 0.25) is 0 Å². The van der Waals surface area contributed by atoms with E-state index in [0.29, 0.717) is 0 Å².